The van der Waals surface area contributed by atoms with Gasteiger partial charge in [-0.3, -0.25) is 0 Å². The SMILES string of the molecule is C[C@@H](N)c1nc(C2CSCCO2)no1. The lowest BCUT2D eigenvalue weighted by molar-refractivity contribution is 0.0677. The summed E-state index contributed by atoms with van der Waals surface area (Å²) < 4.78 is 10.5. The number of ether oxygens (including phenoxy) is 1. The average molecular weight is 215 g/mol. The number of nitrogens with two attached hydrogens (primary N) is 1. The van der Waals surface area contributed by atoms with Gasteiger partial charge in [-0.2, -0.15) is 16.7 Å². The normalized spacial score (nSPS) is 24.9. The van der Waals surface area contributed by atoms with Crippen LogP contribution >= 0.6 is 11.8 Å². The van der Waals surface area contributed by atoms with E-state index in [9.17, 15) is 0 Å². The number of aromatic nitrogens is 2. The summed E-state index contributed by atoms with van der Waals surface area (Å²) in [6.07, 6.45) is -0.0370. The van der Waals surface area contributed by atoms with Crippen LogP contribution in [0.1, 0.15) is 30.8 Å². The monoisotopic (exact) mass is 215 g/mol. The zero-order valence-corrected chi connectivity index (χ0v) is 8.79. The van der Waals surface area contributed by atoms with Crippen LogP contribution in [0.25, 0.3) is 0 Å². The first-order valence-corrected chi connectivity index (χ1v) is 5.71. The molecule has 1 aliphatic heterocycles. The fraction of sp³-hybridized carbons (Fsp3) is 0.750. The summed E-state index contributed by atoms with van der Waals surface area (Å²) in [4.78, 5) is 4.19. The van der Waals surface area contributed by atoms with E-state index >= 15 is 0 Å². The van der Waals surface area contributed by atoms with Gasteiger partial charge in [0.1, 0.15) is 6.10 Å². The molecule has 0 aliphatic carbocycles. The molecule has 5 nitrogen and oxygen atoms in total. The van der Waals surface area contributed by atoms with Crippen molar-refractivity contribution in [2.24, 2.45) is 5.73 Å². The molecule has 0 amide bonds. The first kappa shape index (κ1) is 9.95. The summed E-state index contributed by atoms with van der Waals surface area (Å²) in [5, 5.41) is 3.86. The average Bonchev–Trinajstić information content (AvgIpc) is 2.68. The van der Waals surface area contributed by atoms with E-state index in [-0.39, 0.29) is 12.1 Å². The Bertz CT molecular complexity index is 297. The predicted molar refractivity (Wildman–Crippen MR) is 52.9 cm³/mol. The highest BCUT2D eigenvalue weighted by Gasteiger charge is 2.22. The summed E-state index contributed by atoms with van der Waals surface area (Å²) in [7, 11) is 0. The summed E-state index contributed by atoms with van der Waals surface area (Å²) in [6.45, 7) is 2.56. The summed E-state index contributed by atoms with van der Waals surface area (Å²) in [5.41, 5.74) is 5.61. The highest BCUT2D eigenvalue weighted by atomic mass is 32.2. The van der Waals surface area contributed by atoms with Crippen molar-refractivity contribution in [3.63, 3.8) is 0 Å². The molecule has 2 heterocycles. The Balaban J connectivity index is 2.07. The second-order valence-corrected chi connectivity index (χ2v) is 4.36. The first-order valence-electron chi connectivity index (χ1n) is 4.56. The van der Waals surface area contributed by atoms with Gasteiger partial charge >= 0.3 is 0 Å². The van der Waals surface area contributed by atoms with Crippen LogP contribution < -0.4 is 5.73 Å². The van der Waals surface area contributed by atoms with E-state index in [0.717, 1.165) is 18.1 Å². The van der Waals surface area contributed by atoms with Crippen LogP contribution in [-0.2, 0) is 4.74 Å². The Hall–Kier alpha value is -0.590. The van der Waals surface area contributed by atoms with Crippen molar-refractivity contribution in [1.82, 2.24) is 10.1 Å². The highest BCUT2D eigenvalue weighted by Crippen LogP contribution is 2.24. The molecule has 6 heteroatoms. The summed E-state index contributed by atoms with van der Waals surface area (Å²) >= 11 is 1.84. The topological polar surface area (TPSA) is 74.2 Å². The molecule has 78 valence electrons. The summed E-state index contributed by atoms with van der Waals surface area (Å²) in [6, 6.07) is -0.215. The largest absolute Gasteiger partial charge is 0.368 e. The highest BCUT2D eigenvalue weighted by molar-refractivity contribution is 7.99. The predicted octanol–water partition coefficient (Wildman–Crippen LogP) is 0.894. The number of rotatable bonds is 2. The van der Waals surface area contributed by atoms with E-state index in [1.54, 1.807) is 0 Å². The lowest BCUT2D eigenvalue weighted by Crippen LogP contribution is -2.17. The molecule has 1 aromatic rings. The van der Waals surface area contributed by atoms with E-state index in [4.69, 9.17) is 15.0 Å². The Labute approximate surface area is 86.4 Å². The van der Waals surface area contributed by atoms with Crippen LogP contribution in [-0.4, -0.2) is 28.3 Å². The number of thioether (sulfide) groups is 1. The third-order valence-corrected chi connectivity index (χ3v) is 2.94. The van der Waals surface area contributed by atoms with Crippen molar-refractivity contribution in [2.45, 2.75) is 19.1 Å². The minimum Gasteiger partial charge on any atom is -0.368 e. The molecule has 1 saturated heterocycles. The van der Waals surface area contributed by atoms with Gasteiger partial charge in [-0.05, 0) is 6.92 Å². The van der Waals surface area contributed by atoms with Crippen LogP contribution in [0.2, 0.25) is 0 Å². The smallest absolute Gasteiger partial charge is 0.243 e. The molecular formula is C8H13N3O2S. The molecule has 1 fully saturated rings. The van der Waals surface area contributed by atoms with E-state index in [2.05, 4.69) is 10.1 Å². The third-order valence-electron chi connectivity index (χ3n) is 1.95. The van der Waals surface area contributed by atoms with Gasteiger partial charge in [-0.15, -0.1) is 0 Å². The van der Waals surface area contributed by atoms with Crippen molar-refractivity contribution in [3.8, 4) is 0 Å². The molecule has 2 N–H and O–H groups in total. The van der Waals surface area contributed by atoms with Gasteiger partial charge in [0.05, 0.1) is 12.6 Å². The second kappa shape index (κ2) is 4.29. The van der Waals surface area contributed by atoms with Gasteiger partial charge < -0.3 is 15.0 Å². The molecule has 1 unspecified atom stereocenters. The van der Waals surface area contributed by atoms with Crippen molar-refractivity contribution < 1.29 is 9.26 Å². The van der Waals surface area contributed by atoms with Gasteiger partial charge in [0.2, 0.25) is 11.7 Å². The second-order valence-electron chi connectivity index (χ2n) is 3.21. The molecule has 0 radical (unpaired) electrons. The van der Waals surface area contributed by atoms with Crippen LogP contribution in [0.3, 0.4) is 0 Å². The molecule has 1 aromatic heterocycles. The number of hydrogen-bond acceptors (Lipinski definition) is 6. The van der Waals surface area contributed by atoms with E-state index in [0.29, 0.717) is 11.7 Å². The molecule has 2 atom stereocenters. The fourth-order valence-electron chi connectivity index (χ4n) is 1.20. The van der Waals surface area contributed by atoms with E-state index < -0.39 is 0 Å². The maximum Gasteiger partial charge on any atom is 0.243 e. The molecule has 0 spiro atoms. The Morgan fingerprint density at radius 3 is 3.07 bits per heavy atom. The molecular weight excluding hydrogens is 202 g/mol. The quantitative estimate of drug-likeness (QED) is 0.789. The van der Waals surface area contributed by atoms with Crippen molar-refractivity contribution in [3.05, 3.63) is 11.7 Å². The number of nitrogens with zero attached hydrogens (tertiary/aromatic N) is 2. The lowest BCUT2D eigenvalue weighted by atomic mass is 10.3. The minimum absolute atomic E-state index is 0.0370. The fourth-order valence-corrected chi connectivity index (χ4v) is 2.04. The van der Waals surface area contributed by atoms with Crippen LogP contribution in [0.4, 0.5) is 0 Å². The van der Waals surface area contributed by atoms with Crippen molar-refractivity contribution in [1.29, 1.82) is 0 Å². The van der Waals surface area contributed by atoms with Crippen LogP contribution in [0, 0.1) is 0 Å². The van der Waals surface area contributed by atoms with Gasteiger partial charge in [0.25, 0.3) is 0 Å². The molecule has 1 aliphatic rings. The minimum atomic E-state index is -0.215. The molecule has 2 rings (SSSR count). The third kappa shape index (κ3) is 2.08. The van der Waals surface area contributed by atoms with E-state index in [1.807, 2.05) is 18.7 Å². The van der Waals surface area contributed by atoms with Crippen molar-refractivity contribution >= 4 is 11.8 Å². The van der Waals surface area contributed by atoms with Gasteiger partial charge in [0.15, 0.2) is 0 Å². The molecule has 14 heavy (non-hydrogen) atoms. The molecule has 0 saturated carbocycles. The molecule has 0 aromatic carbocycles. The van der Waals surface area contributed by atoms with Crippen molar-refractivity contribution in [2.75, 3.05) is 18.1 Å². The Morgan fingerprint density at radius 2 is 2.50 bits per heavy atom. The standard InChI is InChI=1S/C8H13N3O2S/c1-5(9)8-10-7(11-13-8)6-4-14-3-2-12-6/h5-6H,2-4,9H2,1H3/t5-,6?/m1/s1. The Kier molecular flexibility index (Phi) is 3.05. The summed E-state index contributed by atoms with van der Waals surface area (Å²) in [5.74, 6) is 3.01. The van der Waals surface area contributed by atoms with E-state index in [1.165, 1.54) is 0 Å². The van der Waals surface area contributed by atoms with Crippen LogP contribution in [0.15, 0.2) is 4.52 Å². The lowest BCUT2D eigenvalue weighted by Gasteiger charge is -2.18. The maximum atomic E-state index is 5.61. The number of hydrogen-bond donors (Lipinski definition) is 1. The van der Waals surface area contributed by atoms with Gasteiger partial charge in [-0.1, -0.05) is 5.16 Å². The zero-order chi connectivity index (χ0) is 9.97. The first-order chi connectivity index (χ1) is 6.77. The van der Waals surface area contributed by atoms with Gasteiger partial charge in [-0.25, -0.2) is 0 Å². The Morgan fingerprint density at radius 1 is 1.64 bits per heavy atom. The van der Waals surface area contributed by atoms with Gasteiger partial charge in [0, 0.05) is 11.5 Å². The van der Waals surface area contributed by atoms with Crippen LogP contribution in [0.5, 0.6) is 0 Å². The molecule has 0 bridgehead atoms. The maximum absolute atomic E-state index is 5.61. The zero-order valence-electron chi connectivity index (χ0n) is 7.97.